The van der Waals surface area contributed by atoms with Crippen LogP contribution in [0.1, 0.15) is 12.7 Å². The molecule has 0 saturated carbocycles. The molecule has 1 aliphatic heterocycles. The maximum absolute atomic E-state index is 5.35. The van der Waals surface area contributed by atoms with E-state index in [0.29, 0.717) is 0 Å². The molecule has 1 aromatic heterocycles. The summed E-state index contributed by atoms with van der Waals surface area (Å²) in [5.41, 5.74) is 0. The molecule has 2 rings (SSSR count). The van der Waals surface area contributed by atoms with Gasteiger partial charge >= 0.3 is 0 Å². The summed E-state index contributed by atoms with van der Waals surface area (Å²) in [5, 5.41) is 0. The number of rotatable bonds is 6. The Morgan fingerprint density at radius 2 is 2.29 bits per heavy atom. The highest BCUT2D eigenvalue weighted by Gasteiger charge is 2.12. The van der Waals surface area contributed by atoms with Gasteiger partial charge in [0.2, 0.25) is 0 Å². The van der Waals surface area contributed by atoms with E-state index in [1.807, 2.05) is 12.4 Å². The lowest BCUT2D eigenvalue weighted by Gasteiger charge is -2.29. The van der Waals surface area contributed by atoms with Gasteiger partial charge in [-0.3, -0.25) is 9.80 Å². The maximum atomic E-state index is 5.35. The van der Waals surface area contributed by atoms with E-state index in [4.69, 9.17) is 4.74 Å². The molecule has 2 heterocycles. The number of nitrogens with one attached hydrogen (secondary N) is 1. The summed E-state index contributed by atoms with van der Waals surface area (Å²) in [6.07, 6.45) is 3.69. The molecule has 0 atom stereocenters. The average Bonchev–Trinajstić information content (AvgIpc) is 2.88. The molecule has 0 radical (unpaired) electrons. The van der Waals surface area contributed by atoms with Gasteiger partial charge in [-0.1, -0.05) is 6.92 Å². The minimum absolute atomic E-state index is 0.879. The van der Waals surface area contributed by atoms with Gasteiger partial charge in [-0.05, 0) is 6.54 Å². The van der Waals surface area contributed by atoms with Crippen LogP contribution in [0.2, 0.25) is 0 Å². The fraction of sp³-hybridized carbons (Fsp3) is 0.750. The van der Waals surface area contributed by atoms with Crippen LogP contribution in [0.5, 0.6) is 0 Å². The third kappa shape index (κ3) is 4.11. The molecule has 1 fully saturated rings. The molecule has 0 amide bonds. The van der Waals surface area contributed by atoms with Crippen LogP contribution in [0.25, 0.3) is 0 Å². The number of nitrogens with zero attached hydrogens (tertiary/aromatic N) is 3. The van der Waals surface area contributed by atoms with Crippen molar-refractivity contribution >= 4 is 0 Å². The molecule has 0 spiro atoms. The summed E-state index contributed by atoms with van der Waals surface area (Å²) in [5.74, 6) is 1.05. The molecule has 1 saturated heterocycles. The largest absolute Gasteiger partial charge is 0.379 e. The lowest BCUT2D eigenvalue weighted by atomic mass is 10.3. The molecule has 5 nitrogen and oxygen atoms in total. The second kappa shape index (κ2) is 6.74. The number of hydrogen-bond donors (Lipinski definition) is 1. The van der Waals surface area contributed by atoms with E-state index in [1.54, 1.807) is 0 Å². The summed E-state index contributed by atoms with van der Waals surface area (Å²) in [4.78, 5) is 12.3. The van der Waals surface area contributed by atoms with Crippen molar-refractivity contribution in [2.24, 2.45) is 0 Å². The number of H-pyrrole nitrogens is 1. The van der Waals surface area contributed by atoms with Gasteiger partial charge in [-0.15, -0.1) is 0 Å². The fourth-order valence-corrected chi connectivity index (χ4v) is 2.05. The Kier molecular flexibility index (Phi) is 4.97. The lowest BCUT2D eigenvalue weighted by molar-refractivity contribution is 0.0331. The molecular weight excluding hydrogens is 216 g/mol. The monoisotopic (exact) mass is 238 g/mol. The van der Waals surface area contributed by atoms with Crippen molar-refractivity contribution in [3.63, 3.8) is 0 Å². The maximum Gasteiger partial charge on any atom is 0.120 e. The lowest BCUT2D eigenvalue weighted by Crippen LogP contribution is -2.41. The van der Waals surface area contributed by atoms with Crippen LogP contribution in [0.4, 0.5) is 0 Å². The Morgan fingerprint density at radius 1 is 1.47 bits per heavy atom. The minimum atomic E-state index is 0.879. The predicted octanol–water partition coefficient (Wildman–Crippen LogP) is 0.564. The van der Waals surface area contributed by atoms with Crippen molar-refractivity contribution in [1.82, 2.24) is 19.8 Å². The molecule has 0 bridgehead atoms. The first-order valence-corrected chi connectivity index (χ1v) is 6.39. The number of ether oxygens (including phenoxy) is 1. The summed E-state index contributed by atoms with van der Waals surface area (Å²) >= 11 is 0. The van der Waals surface area contributed by atoms with Crippen LogP contribution in [-0.4, -0.2) is 65.7 Å². The van der Waals surface area contributed by atoms with E-state index in [0.717, 1.165) is 58.3 Å². The normalized spacial score (nSPS) is 17.8. The van der Waals surface area contributed by atoms with Crippen LogP contribution in [0.3, 0.4) is 0 Å². The zero-order chi connectivity index (χ0) is 11.9. The third-order valence-corrected chi connectivity index (χ3v) is 3.21. The van der Waals surface area contributed by atoms with Gasteiger partial charge in [0.15, 0.2) is 0 Å². The first-order chi connectivity index (χ1) is 8.38. The third-order valence-electron chi connectivity index (χ3n) is 3.21. The van der Waals surface area contributed by atoms with Crippen molar-refractivity contribution in [3.05, 3.63) is 18.2 Å². The van der Waals surface area contributed by atoms with Crippen LogP contribution >= 0.6 is 0 Å². The van der Waals surface area contributed by atoms with Crippen molar-refractivity contribution < 1.29 is 4.74 Å². The van der Waals surface area contributed by atoms with Crippen LogP contribution in [0, 0.1) is 0 Å². The quantitative estimate of drug-likeness (QED) is 0.786. The van der Waals surface area contributed by atoms with Crippen LogP contribution in [-0.2, 0) is 11.3 Å². The van der Waals surface area contributed by atoms with Crippen molar-refractivity contribution in [2.75, 3.05) is 45.9 Å². The standard InChI is InChI=1S/C12H22N4O/c1-2-15(11-12-13-3-4-14-12)5-6-16-7-9-17-10-8-16/h3-4H,2,5-11H2,1H3,(H,13,14). The van der Waals surface area contributed by atoms with Gasteiger partial charge in [-0.2, -0.15) is 0 Å². The topological polar surface area (TPSA) is 44.4 Å². The Bertz CT molecular complexity index is 295. The fourth-order valence-electron chi connectivity index (χ4n) is 2.05. The molecule has 1 N–H and O–H groups in total. The van der Waals surface area contributed by atoms with Crippen molar-refractivity contribution in [2.45, 2.75) is 13.5 Å². The number of aromatic amines is 1. The molecule has 96 valence electrons. The summed E-state index contributed by atoms with van der Waals surface area (Å²) < 4.78 is 5.35. The van der Waals surface area contributed by atoms with E-state index >= 15 is 0 Å². The molecule has 17 heavy (non-hydrogen) atoms. The van der Waals surface area contributed by atoms with Gasteiger partial charge in [0, 0.05) is 38.6 Å². The summed E-state index contributed by atoms with van der Waals surface area (Å²) in [6, 6.07) is 0. The van der Waals surface area contributed by atoms with Crippen LogP contribution in [0.15, 0.2) is 12.4 Å². The Labute approximate surface area is 103 Å². The van der Waals surface area contributed by atoms with Crippen molar-refractivity contribution in [3.8, 4) is 0 Å². The van der Waals surface area contributed by atoms with Gasteiger partial charge < -0.3 is 9.72 Å². The number of imidazole rings is 1. The van der Waals surface area contributed by atoms with E-state index in [2.05, 4.69) is 26.7 Å². The molecule has 5 heteroatoms. The zero-order valence-electron chi connectivity index (χ0n) is 10.6. The van der Waals surface area contributed by atoms with E-state index < -0.39 is 0 Å². The summed E-state index contributed by atoms with van der Waals surface area (Å²) in [7, 11) is 0. The number of morpholine rings is 1. The molecular formula is C12H22N4O. The highest BCUT2D eigenvalue weighted by molar-refractivity contribution is 4.86. The molecule has 1 aromatic rings. The zero-order valence-corrected chi connectivity index (χ0v) is 10.6. The first kappa shape index (κ1) is 12.5. The predicted molar refractivity (Wildman–Crippen MR) is 66.8 cm³/mol. The Morgan fingerprint density at radius 3 is 2.94 bits per heavy atom. The molecule has 1 aliphatic rings. The minimum Gasteiger partial charge on any atom is -0.379 e. The number of aromatic nitrogens is 2. The Hall–Kier alpha value is -0.910. The second-order valence-electron chi connectivity index (χ2n) is 4.36. The highest BCUT2D eigenvalue weighted by Crippen LogP contribution is 2.01. The van der Waals surface area contributed by atoms with Gasteiger partial charge in [0.1, 0.15) is 5.82 Å². The van der Waals surface area contributed by atoms with Crippen LogP contribution < -0.4 is 0 Å². The summed E-state index contributed by atoms with van der Waals surface area (Å²) in [6.45, 7) is 10.3. The molecule has 0 unspecified atom stereocenters. The Balaban J connectivity index is 1.71. The molecule has 0 aromatic carbocycles. The first-order valence-electron chi connectivity index (χ1n) is 6.39. The number of hydrogen-bond acceptors (Lipinski definition) is 4. The van der Waals surface area contributed by atoms with E-state index in [9.17, 15) is 0 Å². The van der Waals surface area contributed by atoms with Crippen molar-refractivity contribution in [1.29, 1.82) is 0 Å². The van der Waals surface area contributed by atoms with Gasteiger partial charge in [0.05, 0.1) is 19.8 Å². The highest BCUT2D eigenvalue weighted by atomic mass is 16.5. The average molecular weight is 238 g/mol. The smallest absolute Gasteiger partial charge is 0.120 e. The number of likely N-dealkylation sites (N-methyl/N-ethyl adjacent to an activating group) is 1. The van der Waals surface area contributed by atoms with E-state index in [-0.39, 0.29) is 0 Å². The van der Waals surface area contributed by atoms with Gasteiger partial charge in [-0.25, -0.2) is 4.98 Å². The molecule has 0 aliphatic carbocycles. The second-order valence-corrected chi connectivity index (χ2v) is 4.36. The van der Waals surface area contributed by atoms with Gasteiger partial charge in [0.25, 0.3) is 0 Å². The van der Waals surface area contributed by atoms with E-state index in [1.165, 1.54) is 0 Å². The SMILES string of the molecule is CCN(CCN1CCOCC1)Cc1ncc[nH]1.